The monoisotopic (exact) mass is 283 g/mol. The first-order valence-electron chi connectivity index (χ1n) is 7.36. The average Bonchev–Trinajstić information content (AvgIpc) is 2.44. The van der Waals surface area contributed by atoms with Gasteiger partial charge in [-0.25, -0.2) is 0 Å². The lowest BCUT2D eigenvalue weighted by Gasteiger charge is -2.37. The van der Waals surface area contributed by atoms with E-state index in [0.717, 1.165) is 29.8 Å². The molecule has 0 atom stereocenters. The Morgan fingerprint density at radius 3 is 2.43 bits per heavy atom. The summed E-state index contributed by atoms with van der Waals surface area (Å²) in [6, 6.07) is 14.4. The van der Waals surface area contributed by atoms with Gasteiger partial charge in [-0.15, -0.1) is 0 Å². The summed E-state index contributed by atoms with van der Waals surface area (Å²) >= 11 is 0. The first kappa shape index (κ1) is 13.8. The van der Waals surface area contributed by atoms with E-state index in [1.807, 2.05) is 25.1 Å². The Labute approximate surface area is 125 Å². The minimum absolute atomic E-state index is 0.322. The minimum atomic E-state index is 0.322. The lowest BCUT2D eigenvalue weighted by Crippen LogP contribution is -2.34. The standard InChI is InChI=1S/C18H21NO2/c1-12-9-16(20)5-8-18(12)19-15-10-14(11-15)13-3-6-17(21-2)7-4-13/h3-9,14-15,19-20H,10-11H2,1-2H3. The number of phenolic OH excluding ortho intramolecular Hbond substituents is 1. The molecule has 2 aromatic carbocycles. The fraction of sp³-hybridized carbons (Fsp3) is 0.333. The molecule has 110 valence electrons. The zero-order valence-corrected chi connectivity index (χ0v) is 12.5. The summed E-state index contributed by atoms with van der Waals surface area (Å²) in [4.78, 5) is 0. The molecule has 21 heavy (non-hydrogen) atoms. The first-order valence-corrected chi connectivity index (χ1v) is 7.36. The summed E-state index contributed by atoms with van der Waals surface area (Å²) in [7, 11) is 1.69. The minimum Gasteiger partial charge on any atom is -0.508 e. The highest BCUT2D eigenvalue weighted by Gasteiger charge is 2.30. The first-order chi connectivity index (χ1) is 10.2. The van der Waals surface area contributed by atoms with E-state index >= 15 is 0 Å². The van der Waals surface area contributed by atoms with Gasteiger partial charge in [0.05, 0.1) is 7.11 Å². The van der Waals surface area contributed by atoms with Crippen LogP contribution in [0, 0.1) is 6.92 Å². The molecule has 0 radical (unpaired) electrons. The lowest BCUT2D eigenvalue weighted by molar-refractivity contribution is 0.373. The molecular weight excluding hydrogens is 262 g/mol. The van der Waals surface area contributed by atoms with E-state index in [-0.39, 0.29) is 0 Å². The number of hydrogen-bond acceptors (Lipinski definition) is 3. The van der Waals surface area contributed by atoms with Crippen LogP contribution in [0.15, 0.2) is 42.5 Å². The number of hydrogen-bond donors (Lipinski definition) is 2. The molecule has 1 aliphatic rings. The maximum absolute atomic E-state index is 9.44. The van der Waals surface area contributed by atoms with Gasteiger partial charge in [0.1, 0.15) is 11.5 Å². The number of aryl methyl sites for hydroxylation is 1. The number of nitrogens with one attached hydrogen (secondary N) is 1. The Kier molecular flexibility index (Phi) is 3.74. The molecule has 0 saturated heterocycles. The SMILES string of the molecule is COc1ccc(C2CC(Nc3ccc(O)cc3C)C2)cc1. The second-order valence-corrected chi connectivity index (χ2v) is 5.78. The summed E-state index contributed by atoms with van der Waals surface area (Å²) in [5.74, 6) is 1.86. The third-order valence-electron chi connectivity index (χ3n) is 4.29. The van der Waals surface area contributed by atoms with Gasteiger partial charge in [0, 0.05) is 11.7 Å². The van der Waals surface area contributed by atoms with Crippen molar-refractivity contribution in [2.75, 3.05) is 12.4 Å². The van der Waals surface area contributed by atoms with Crippen molar-refractivity contribution in [2.45, 2.75) is 31.7 Å². The number of rotatable bonds is 4. The van der Waals surface area contributed by atoms with E-state index in [4.69, 9.17) is 4.74 Å². The predicted octanol–water partition coefficient (Wildman–Crippen LogP) is 4.07. The van der Waals surface area contributed by atoms with Crippen LogP contribution in [-0.4, -0.2) is 18.3 Å². The molecule has 0 unspecified atom stereocenters. The van der Waals surface area contributed by atoms with Gasteiger partial charge >= 0.3 is 0 Å². The summed E-state index contributed by atoms with van der Waals surface area (Å²) < 4.78 is 5.19. The number of benzene rings is 2. The highest BCUT2D eigenvalue weighted by atomic mass is 16.5. The van der Waals surface area contributed by atoms with Crippen molar-refractivity contribution < 1.29 is 9.84 Å². The van der Waals surface area contributed by atoms with Gasteiger partial charge in [-0.2, -0.15) is 0 Å². The van der Waals surface area contributed by atoms with Gasteiger partial charge in [0.15, 0.2) is 0 Å². The fourth-order valence-electron chi connectivity index (χ4n) is 2.91. The Hall–Kier alpha value is -2.16. The van der Waals surface area contributed by atoms with Gasteiger partial charge < -0.3 is 15.2 Å². The molecule has 1 fully saturated rings. The topological polar surface area (TPSA) is 41.5 Å². The van der Waals surface area contributed by atoms with Crippen molar-refractivity contribution >= 4 is 5.69 Å². The number of ether oxygens (including phenoxy) is 1. The second-order valence-electron chi connectivity index (χ2n) is 5.78. The van der Waals surface area contributed by atoms with Crippen LogP contribution in [0.4, 0.5) is 5.69 Å². The number of methoxy groups -OCH3 is 1. The van der Waals surface area contributed by atoms with Gasteiger partial charge in [-0.05, 0) is 67.1 Å². The van der Waals surface area contributed by atoms with Crippen molar-refractivity contribution in [3.63, 3.8) is 0 Å². The van der Waals surface area contributed by atoms with Crippen molar-refractivity contribution in [3.8, 4) is 11.5 Å². The van der Waals surface area contributed by atoms with Crippen LogP contribution in [0.1, 0.15) is 29.9 Å². The molecule has 3 nitrogen and oxygen atoms in total. The smallest absolute Gasteiger partial charge is 0.118 e. The van der Waals surface area contributed by atoms with Crippen LogP contribution in [-0.2, 0) is 0 Å². The van der Waals surface area contributed by atoms with E-state index in [1.54, 1.807) is 19.2 Å². The van der Waals surface area contributed by atoms with Crippen LogP contribution in [0.25, 0.3) is 0 Å². The average molecular weight is 283 g/mol. The number of phenols is 1. The Morgan fingerprint density at radius 2 is 1.81 bits per heavy atom. The van der Waals surface area contributed by atoms with Gasteiger partial charge in [0.25, 0.3) is 0 Å². The van der Waals surface area contributed by atoms with Crippen LogP contribution in [0.3, 0.4) is 0 Å². The van der Waals surface area contributed by atoms with Gasteiger partial charge in [-0.3, -0.25) is 0 Å². The maximum Gasteiger partial charge on any atom is 0.118 e. The Bertz CT molecular complexity index is 616. The highest BCUT2D eigenvalue weighted by Crippen LogP contribution is 2.39. The molecule has 0 aliphatic heterocycles. The molecule has 1 saturated carbocycles. The Morgan fingerprint density at radius 1 is 1.10 bits per heavy atom. The van der Waals surface area contributed by atoms with Crippen molar-refractivity contribution in [3.05, 3.63) is 53.6 Å². The summed E-state index contributed by atoms with van der Waals surface area (Å²) in [5.41, 5.74) is 3.59. The van der Waals surface area contributed by atoms with E-state index in [2.05, 4.69) is 17.4 Å². The third kappa shape index (κ3) is 2.97. The van der Waals surface area contributed by atoms with E-state index in [9.17, 15) is 5.11 Å². The van der Waals surface area contributed by atoms with Crippen LogP contribution >= 0.6 is 0 Å². The molecule has 3 rings (SSSR count). The maximum atomic E-state index is 9.44. The molecule has 0 amide bonds. The zero-order valence-electron chi connectivity index (χ0n) is 12.5. The molecular formula is C18H21NO2. The molecule has 0 aromatic heterocycles. The molecule has 0 heterocycles. The van der Waals surface area contributed by atoms with E-state index < -0.39 is 0 Å². The largest absolute Gasteiger partial charge is 0.508 e. The molecule has 2 N–H and O–H groups in total. The third-order valence-corrected chi connectivity index (χ3v) is 4.29. The number of aromatic hydroxyl groups is 1. The molecule has 3 heteroatoms. The number of anilines is 1. The van der Waals surface area contributed by atoms with Crippen LogP contribution in [0.2, 0.25) is 0 Å². The highest BCUT2D eigenvalue weighted by molar-refractivity contribution is 5.54. The van der Waals surface area contributed by atoms with Crippen molar-refractivity contribution in [1.82, 2.24) is 0 Å². The summed E-state index contributed by atoms with van der Waals surface area (Å²) in [5, 5.41) is 13.0. The fourth-order valence-corrected chi connectivity index (χ4v) is 2.91. The summed E-state index contributed by atoms with van der Waals surface area (Å²) in [6.07, 6.45) is 2.29. The van der Waals surface area contributed by atoms with Gasteiger partial charge in [0.2, 0.25) is 0 Å². The zero-order chi connectivity index (χ0) is 14.8. The quantitative estimate of drug-likeness (QED) is 0.831. The lowest BCUT2D eigenvalue weighted by atomic mass is 9.75. The van der Waals surface area contributed by atoms with Crippen LogP contribution < -0.4 is 10.1 Å². The van der Waals surface area contributed by atoms with E-state index in [1.165, 1.54) is 5.56 Å². The normalized spacial score (nSPS) is 20.7. The predicted molar refractivity (Wildman–Crippen MR) is 85.2 cm³/mol. The molecule has 0 spiro atoms. The van der Waals surface area contributed by atoms with Gasteiger partial charge in [-0.1, -0.05) is 12.1 Å². The van der Waals surface area contributed by atoms with Crippen LogP contribution in [0.5, 0.6) is 11.5 Å². The molecule has 1 aliphatic carbocycles. The Balaban J connectivity index is 1.57. The molecule has 2 aromatic rings. The molecule has 0 bridgehead atoms. The van der Waals surface area contributed by atoms with Crippen molar-refractivity contribution in [2.24, 2.45) is 0 Å². The van der Waals surface area contributed by atoms with Crippen molar-refractivity contribution in [1.29, 1.82) is 0 Å². The van der Waals surface area contributed by atoms with E-state index in [0.29, 0.717) is 17.7 Å². The summed E-state index contributed by atoms with van der Waals surface area (Å²) in [6.45, 7) is 2.02. The second kappa shape index (κ2) is 5.68.